The monoisotopic (exact) mass is 621 g/mol. The number of pyridine rings is 1. The summed E-state index contributed by atoms with van der Waals surface area (Å²) in [5.41, 5.74) is 2.42. The smallest absolute Gasteiger partial charge is 0.338 e. The maximum atomic E-state index is 13.5. The van der Waals surface area contributed by atoms with Crippen molar-refractivity contribution in [3.63, 3.8) is 0 Å². The second kappa shape index (κ2) is 12.0. The molecular weight excluding hydrogens is 597 g/mol. The summed E-state index contributed by atoms with van der Waals surface area (Å²) >= 11 is 17.3. The average Bonchev–Trinajstić information content (AvgIpc) is 3.34. The summed E-state index contributed by atoms with van der Waals surface area (Å²) in [4.78, 5) is 34.6. The molecule has 194 valence electrons. The lowest BCUT2D eigenvalue weighted by Crippen LogP contribution is -2.48. The SMILES string of the molecule is CCOC(=O)C1=C(c2cncc(Br)c2)N(CCC(C)C)C(=O)NC1c1ccc(-c2ccc(Cl)c(Cl)c2)s1. The van der Waals surface area contributed by atoms with Crippen LogP contribution in [0.1, 0.15) is 43.7 Å². The van der Waals surface area contributed by atoms with Gasteiger partial charge >= 0.3 is 12.0 Å². The summed E-state index contributed by atoms with van der Waals surface area (Å²) < 4.78 is 6.25. The molecule has 0 saturated carbocycles. The van der Waals surface area contributed by atoms with E-state index in [0.29, 0.717) is 39.3 Å². The van der Waals surface area contributed by atoms with E-state index in [-0.39, 0.29) is 12.6 Å². The number of thiophene rings is 1. The van der Waals surface area contributed by atoms with Gasteiger partial charge in [-0.3, -0.25) is 9.88 Å². The fraction of sp³-hybridized carbons (Fsp3) is 0.296. The minimum atomic E-state index is -0.697. The van der Waals surface area contributed by atoms with Crippen LogP contribution < -0.4 is 5.32 Å². The Kier molecular flexibility index (Phi) is 8.95. The largest absolute Gasteiger partial charge is 0.463 e. The molecule has 37 heavy (non-hydrogen) atoms. The number of amides is 2. The van der Waals surface area contributed by atoms with Crippen molar-refractivity contribution in [1.29, 1.82) is 0 Å². The number of hydrogen-bond donors (Lipinski definition) is 1. The minimum absolute atomic E-state index is 0.206. The van der Waals surface area contributed by atoms with Crippen LogP contribution in [0.15, 0.2) is 58.8 Å². The molecule has 2 aromatic heterocycles. The molecule has 0 radical (unpaired) electrons. The van der Waals surface area contributed by atoms with Crippen molar-refractivity contribution in [3.05, 3.63) is 79.3 Å². The van der Waals surface area contributed by atoms with Crippen molar-refractivity contribution in [2.24, 2.45) is 5.92 Å². The fourth-order valence-electron chi connectivity index (χ4n) is 4.06. The maximum Gasteiger partial charge on any atom is 0.338 e. The fourth-order valence-corrected chi connectivity index (χ4v) is 5.79. The van der Waals surface area contributed by atoms with Gasteiger partial charge in [-0.25, -0.2) is 9.59 Å². The van der Waals surface area contributed by atoms with E-state index in [4.69, 9.17) is 27.9 Å². The molecule has 1 atom stereocenters. The molecule has 0 fully saturated rings. The summed E-state index contributed by atoms with van der Waals surface area (Å²) in [5.74, 6) is -0.119. The molecule has 1 unspecified atom stereocenters. The van der Waals surface area contributed by atoms with Crippen molar-refractivity contribution in [2.45, 2.75) is 33.2 Å². The number of carbonyl (C=O) groups excluding carboxylic acids is 2. The lowest BCUT2D eigenvalue weighted by Gasteiger charge is -2.36. The predicted octanol–water partition coefficient (Wildman–Crippen LogP) is 7.97. The van der Waals surface area contributed by atoms with Crippen LogP contribution in [-0.2, 0) is 9.53 Å². The molecule has 2 amide bonds. The van der Waals surface area contributed by atoms with Gasteiger partial charge in [0.1, 0.15) is 0 Å². The second-order valence-corrected chi connectivity index (χ2v) is 11.8. The Morgan fingerprint density at radius 2 is 1.95 bits per heavy atom. The zero-order valence-corrected chi connectivity index (χ0v) is 24.5. The molecule has 1 N–H and O–H groups in total. The van der Waals surface area contributed by atoms with E-state index in [1.54, 1.807) is 36.4 Å². The molecule has 0 spiro atoms. The Labute approximate surface area is 238 Å². The number of esters is 1. The van der Waals surface area contributed by atoms with Gasteiger partial charge in [0.05, 0.1) is 34.0 Å². The number of rotatable bonds is 8. The van der Waals surface area contributed by atoms with E-state index in [0.717, 1.165) is 26.2 Å². The quantitative estimate of drug-likeness (QED) is 0.259. The Morgan fingerprint density at radius 3 is 2.62 bits per heavy atom. The highest BCUT2D eigenvalue weighted by Gasteiger charge is 2.39. The van der Waals surface area contributed by atoms with Crippen molar-refractivity contribution in [2.75, 3.05) is 13.2 Å². The molecule has 0 bridgehead atoms. The molecule has 1 aliphatic heterocycles. The van der Waals surface area contributed by atoms with Gasteiger partial charge in [0.25, 0.3) is 0 Å². The first-order valence-corrected chi connectivity index (χ1v) is 14.2. The molecule has 6 nitrogen and oxygen atoms in total. The number of halogens is 3. The highest BCUT2D eigenvalue weighted by Crippen LogP contribution is 2.41. The van der Waals surface area contributed by atoms with E-state index in [2.05, 4.69) is 40.1 Å². The predicted molar refractivity (Wildman–Crippen MR) is 153 cm³/mol. The van der Waals surface area contributed by atoms with Gasteiger partial charge in [-0.2, -0.15) is 0 Å². The molecule has 4 rings (SSSR count). The first kappa shape index (κ1) is 27.6. The van der Waals surface area contributed by atoms with Gasteiger partial charge in [0.2, 0.25) is 0 Å². The number of ether oxygens (including phenoxy) is 1. The summed E-state index contributed by atoms with van der Waals surface area (Å²) in [6.07, 6.45) is 4.09. The number of carbonyl (C=O) groups is 2. The molecule has 1 aromatic carbocycles. The van der Waals surface area contributed by atoms with Crippen molar-refractivity contribution in [1.82, 2.24) is 15.2 Å². The summed E-state index contributed by atoms with van der Waals surface area (Å²) in [7, 11) is 0. The normalized spacial score (nSPS) is 15.8. The van der Waals surface area contributed by atoms with Crippen molar-refractivity contribution in [3.8, 4) is 10.4 Å². The Hall–Kier alpha value is -2.39. The van der Waals surface area contributed by atoms with E-state index in [1.165, 1.54) is 11.3 Å². The molecule has 0 saturated heterocycles. The lowest BCUT2D eigenvalue weighted by molar-refractivity contribution is -0.138. The van der Waals surface area contributed by atoms with Gasteiger partial charge in [0.15, 0.2) is 0 Å². The number of benzene rings is 1. The Morgan fingerprint density at radius 1 is 1.16 bits per heavy atom. The average molecular weight is 623 g/mol. The highest BCUT2D eigenvalue weighted by molar-refractivity contribution is 9.10. The second-order valence-electron chi connectivity index (χ2n) is 8.92. The topological polar surface area (TPSA) is 71.5 Å². The third-order valence-electron chi connectivity index (χ3n) is 5.85. The number of hydrogen-bond acceptors (Lipinski definition) is 5. The molecule has 0 aliphatic carbocycles. The standard InChI is InChI=1S/C27H26BrCl2N3O3S/c1-4-36-26(34)23-24(22-8-7-21(37-22)16-5-6-19(29)20(30)12-16)32-27(35)33(10-9-15(2)3)25(23)17-11-18(28)14-31-13-17/h5-8,11-15,24H,4,9-10H2,1-3H3,(H,32,35). The van der Waals surface area contributed by atoms with Gasteiger partial charge in [0, 0.05) is 38.7 Å². The first-order valence-electron chi connectivity index (χ1n) is 11.8. The van der Waals surface area contributed by atoms with Gasteiger partial charge in [-0.1, -0.05) is 43.1 Å². The van der Waals surface area contributed by atoms with Crippen LogP contribution in [0.3, 0.4) is 0 Å². The molecule has 1 aliphatic rings. The number of nitrogens with zero attached hydrogens (tertiary/aromatic N) is 2. The van der Waals surface area contributed by atoms with Crippen LogP contribution in [0.5, 0.6) is 0 Å². The van der Waals surface area contributed by atoms with Crippen LogP contribution >= 0.6 is 50.5 Å². The third-order valence-corrected chi connectivity index (χ3v) is 8.22. The van der Waals surface area contributed by atoms with Gasteiger partial charge < -0.3 is 10.1 Å². The van der Waals surface area contributed by atoms with E-state index in [1.807, 2.05) is 24.3 Å². The summed E-state index contributed by atoms with van der Waals surface area (Å²) in [6, 6.07) is 10.2. The minimum Gasteiger partial charge on any atom is -0.463 e. The van der Waals surface area contributed by atoms with Gasteiger partial charge in [-0.05, 0) is 71.1 Å². The van der Waals surface area contributed by atoms with E-state index < -0.39 is 12.0 Å². The number of urea groups is 1. The summed E-state index contributed by atoms with van der Waals surface area (Å²) in [5, 5.41) is 3.99. The van der Waals surface area contributed by atoms with E-state index >= 15 is 0 Å². The lowest BCUT2D eigenvalue weighted by atomic mass is 9.95. The molecule has 10 heteroatoms. The van der Waals surface area contributed by atoms with Crippen LogP contribution in [0.4, 0.5) is 4.79 Å². The molecular formula is C27H26BrCl2N3O3S. The van der Waals surface area contributed by atoms with Crippen LogP contribution in [-0.4, -0.2) is 35.0 Å². The van der Waals surface area contributed by atoms with Gasteiger partial charge in [-0.15, -0.1) is 11.3 Å². The maximum absolute atomic E-state index is 13.5. The Bertz CT molecular complexity index is 1360. The zero-order valence-electron chi connectivity index (χ0n) is 20.6. The number of nitrogens with one attached hydrogen (secondary N) is 1. The molecule has 3 heterocycles. The summed E-state index contributed by atoms with van der Waals surface area (Å²) in [6.45, 7) is 6.60. The molecule has 3 aromatic rings. The van der Waals surface area contributed by atoms with E-state index in [9.17, 15) is 9.59 Å². The van der Waals surface area contributed by atoms with Crippen molar-refractivity contribution >= 4 is 68.2 Å². The number of aromatic nitrogens is 1. The zero-order chi connectivity index (χ0) is 26.7. The van der Waals surface area contributed by atoms with Crippen LogP contribution in [0.25, 0.3) is 16.1 Å². The Balaban J connectivity index is 1.87. The first-order chi connectivity index (χ1) is 17.7. The van der Waals surface area contributed by atoms with Crippen LogP contribution in [0.2, 0.25) is 10.0 Å². The highest BCUT2D eigenvalue weighted by atomic mass is 79.9. The van der Waals surface area contributed by atoms with Crippen molar-refractivity contribution < 1.29 is 14.3 Å². The third kappa shape index (κ3) is 6.20. The van der Waals surface area contributed by atoms with Crippen LogP contribution in [0, 0.1) is 5.92 Å².